The van der Waals surface area contributed by atoms with Gasteiger partial charge in [0.1, 0.15) is 12.4 Å². The minimum atomic E-state index is -0.602. The molecule has 1 aliphatic heterocycles. The van der Waals surface area contributed by atoms with E-state index in [4.69, 9.17) is 18.9 Å². The second-order valence-corrected chi connectivity index (χ2v) is 9.06. The Hall–Kier alpha value is -3.78. The first kappa shape index (κ1) is 26.3. The number of aromatic hydroxyl groups is 1. The number of Topliss-reactive ketones (excluding diaryl/α,β-unsaturated/α-hetero) is 1. The molecule has 8 heteroatoms. The van der Waals surface area contributed by atoms with Crippen molar-refractivity contribution in [3.05, 3.63) is 76.1 Å². The molecule has 1 heterocycles. The van der Waals surface area contributed by atoms with Gasteiger partial charge in [-0.2, -0.15) is 0 Å². The van der Waals surface area contributed by atoms with Crippen molar-refractivity contribution in [3.63, 3.8) is 0 Å². The highest BCUT2D eigenvalue weighted by Gasteiger charge is 2.41. The number of phenolic OH excluding ortho intramolecular Hbond substituents is 1. The summed E-state index contributed by atoms with van der Waals surface area (Å²) in [6, 6.07) is 12.3. The summed E-state index contributed by atoms with van der Waals surface area (Å²) in [6.07, 6.45) is 0.880. The van der Waals surface area contributed by atoms with Crippen LogP contribution in [0.15, 0.2) is 65.0 Å². The summed E-state index contributed by atoms with van der Waals surface area (Å²) in [6.45, 7) is 4.64. The van der Waals surface area contributed by atoms with E-state index >= 15 is 0 Å². The summed E-state index contributed by atoms with van der Waals surface area (Å²) in [5.41, 5.74) is 4.09. The third-order valence-corrected chi connectivity index (χ3v) is 6.82. The van der Waals surface area contributed by atoms with Gasteiger partial charge in [0, 0.05) is 35.9 Å². The van der Waals surface area contributed by atoms with Gasteiger partial charge in [0.25, 0.3) is 0 Å². The molecular weight excluding hydrogens is 474 g/mol. The zero-order valence-corrected chi connectivity index (χ0v) is 21.6. The van der Waals surface area contributed by atoms with Gasteiger partial charge in [0.15, 0.2) is 17.3 Å². The largest absolute Gasteiger partial charge is 0.508 e. The summed E-state index contributed by atoms with van der Waals surface area (Å²) in [4.78, 5) is 27.0. The Balaban J connectivity index is 1.70. The fourth-order valence-electron chi connectivity index (χ4n) is 5.07. The van der Waals surface area contributed by atoms with Crippen LogP contribution in [0.25, 0.3) is 0 Å². The van der Waals surface area contributed by atoms with Gasteiger partial charge in [-0.25, -0.2) is 4.79 Å². The van der Waals surface area contributed by atoms with Crippen molar-refractivity contribution in [1.82, 2.24) is 5.32 Å². The molecule has 4 rings (SSSR count). The fourth-order valence-corrected chi connectivity index (χ4v) is 5.07. The Morgan fingerprint density at radius 3 is 2.38 bits per heavy atom. The Morgan fingerprint density at radius 1 is 1.00 bits per heavy atom. The first-order valence-corrected chi connectivity index (χ1v) is 12.4. The van der Waals surface area contributed by atoms with E-state index in [0.717, 1.165) is 16.8 Å². The summed E-state index contributed by atoms with van der Waals surface area (Å²) < 4.78 is 21.6. The van der Waals surface area contributed by atoms with Crippen LogP contribution in [-0.2, 0) is 19.1 Å². The number of carbonyl (C=O) groups is 2. The zero-order chi connectivity index (χ0) is 26.5. The second kappa shape index (κ2) is 11.5. The van der Waals surface area contributed by atoms with Crippen LogP contribution in [0.2, 0.25) is 0 Å². The van der Waals surface area contributed by atoms with Gasteiger partial charge in [-0.15, -0.1) is 0 Å². The normalized spacial score (nSPS) is 19.3. The molecule has 0 radical (unpaired) electrons. The van der Waals surface area contributed by atoms with Gasteiger partial charge >= 0.3 is 5.97 Å². The van der Waals surface area contributed by atoms with E-state index < -0.39 is 11.9 Å². The number of rotatable bonds is 9. The third kappa shape index (κ3) is 5.49. The number of benzene rings is 2. The number of carbonyl (C=O) groups excluding carboxylic acids is 2. The molecule has 8 nitrogen and oxygen atoms in total. The quantitative estimate of drug-likeness (QED) is 0.381. The first-order chi connectivity index (χ1) is 17.9. The Labute approximate surface area is 216 Å². The minimum absolute atomic E-state index is 0.0428. The predicted molar refractivity (Wildman–Crippen MR) is 138 cm³/mol. The lowest BCUT2D eigenvalue weighted by molar-refractivity contribution is -0.140. The van der Waals surface area contributed by atoms with Crippen LogP contribution >= 0.6 is 0 Å². The summed E-state index contributed by atoms with van der Waals surface area (Å²) in [5, 5.41) is 13.2. The standard InChI is InChI=1S/C29H33NO7/c1-5-36-12-13-37-29(33)26-17(2)30-22-14-20(19-8-11-24(34-3)25(16-19)35-4)15-23(32)28(22)27(26)18-6-9-21(31)10-7-18/h6-11,16,20,27,30-31H,5,12-15H2,1-4H3/t20-,27+/m1/s1. The summed E-state index contributed by atoms with van der Waals surface area (Å²) >= 11 is 0. The molecule has 0 spiro atoms. The molecule has 196 valence electrons. The number of dihydropyridines is 1. The van der Waals surface area contributed by atoms with Crippen molar-refractivity contribution < 1.29 is 33.6 Å². The monoisotopic (exact) mass is 507 g/mol. The maximum Gasteiger partial charge on any atom is 0.336 e. The summed E-state index contributed by atoms with van der Waals surface area (Å²) in [7, 11) is 3.17. The number of hydrogen-bond acceptors (Lipinski definition) is 8. The molecule has 0 fully saturated rings. The van der Waals surface area contributed by atoms with Gasteiger partial charge in [0.2, 0.25) is 0 Å². The van der Waals surface area contributed by atoms with E-state index in [0.29, 0.717) is 48.0 Å². The molecular formula is C29H33NO7. The third-order valence-electron chi connectivity index (χ3n) is 6.82. The first-order valence-electron chi connectivity index (χ1n) is 12.4. The molecule has 2 aromatic carbocycles. The van der Waals surface area contributed by atoms with Crippen molar-refractivity contribution in [1.29, 1.82) is 0 Å². The number of phenols is 1. The molecule has 0 unspecified atom stereocenters. The fraction of sp³-hybridized carbons (Fsp3) is 0.379. The number of esters is 1. The highest BCUT2D eigenvalue weighted by Crippen LogP contribution is 2.46. The lowest BCUT2D eigenvalue weighted by Gasteiger charge is -2.36. The van der Waals surface area contributed by atoms with Crippen molar-refractivity contribution in [3.8, 4) is 17.2 Å². The number of nitrogens with one attached hydrogen (secondary N) is 1. The van der Waals surface area contributed by atoms with Crippen molar-refractivity contribution in [2.24, 2.45) is 0 Å². The van der Waals surface area contributed by atoms with E-state index in [9.17, 15) is 14.7 Å². The highest BCUT2D eigenvalue weighted by molar-refractivity contribution is 6.04. The smallest absolute Gasteiger partial charge is 0.336 e. The molecule has 0 amide bonds. The SMILES string of the molecule is CCOCCOC(=O)C1=C(C)NC2=C(C(=O)C[C@H](c3ccc(OC)c(OC)c3)C2)[C@H]1c1ccc(O)cc1. The number of ketones is 1. The average Bonchev–Trinajstić information content (AvgIpc) is 2.90. The van der Waals surface area contributed by atoms with Gasteiger partial charge in [0.05, 0.1) is 26.4 Å². The van der Waals surface area contributed by atoms with Crippen LogP contribution in [0.5, 0.6) is 17.2 Å². The van der Waals surface area contributed by atoms with E-state index in [1.54, 1.807) is 38.5 Å². The number of hydrogen-bond donors (Lipinski definition) is 2. The van der Waals surface area contributed by atoms with Crippen LogP contribution in [0.1, 0.15) is 49.7 Å². The van der Waals surface area contributed by atoms with Crippen LogP contribution < -0.4 is 14.8 Å². The maximum atomic E-state index is 13.7. The minimum Gasteiger partial charge on any atom is -0.508 e. The molecule has 37 heavy (non-hydrogen) atoms. The van der Waals surface area contributed by atoms with Crippen LogP contribution in [0, 0.1) is 0 Å². The molecule has 2 atom stereocenters. The maximum absolute atomic E-state index is 13.7. The van der Waals surface area contributed by atoms with E-state index in [2.05, 4.69) is 5.32 Å². The lowest BCUT2D eigenvalue weighted by Crippen LogP contribution is -2.36. The number of allylic oxidation sites excluding steroid dienone is 3. The molecule has 2 aliphatic rings. The molecule has 2 aromatic rings. The molecule has 0 aromatic heterocycles. The lowest BCUT2D eigenvalue weighted by atomic mass is 9.71. The van der Waals surface area contributed by atoms with E-state index in [1.165, 1.54) is 0 Å². The number of methoxy groups -OCH3 is 2. The topological polar surface area (TPSA) is 103 Å². The Bertz CT molecular complexity index is 1230. The molecule has 2 N–H and O–H groups in total. The van der Waals surface area contributed by atoms with Crippen LogP contribution in [0.3, 0.4) is 0 Å². The van der Waals surface area contributed by atoms with Crippen LogP contribution in [-0.4, -0.2) is 50.9 Å². The van der Waals surface area contributed by atoms with Gasteiger partial charge in [-0.05, 0) is 61.6 Å². The van der Waals surface area contributed by atoms with Gasteiger partial charge < -0.3 is 29.4 Å². The van der Waals surface area contributed by atoms with Crippen molar-refractivity contribution in [2.45, 2.75) is 38.5 Å². The zero-order valence-electron chi connectivity index (χ0n) is 21.6. The molecule has 1 aliphatic carbocycles. The van der Waals surface area contributed by atoms with Gasteiger partial charge in [-0.3, -0.25) is 4.79 Å². The summed E-state index contributed by atoms with van der Waals surface area (Å²) in [5.74, 6) is 0.142. The van der Waals surface area contributed by atoms with E-state index in [-0.39, 0.29) is 30.5 Å². The van der Waals surface area contributed by atoms with E-state index in [1.807, 2.05) is 32.0 Å². The number of ether oxygens (including phenoxy) is 4. The molecule has 0 saturated carbocycles. The average molecular weight is 508 g/mol. The second-order valence-electron chi connectivity index (χ2n) is 9.06. The van der Waals surface area contributed by atoms with Crippen molar-refractivity contribution in [2.75, 3.05) is 34.0 Å². The Kier molecular flexibility index (Phi) is 8.18. The highest BCUT2D eigenvalue weighted by atomic mass is 16.6. The van der Waals surface area contributed by atoms with Crippen LogP contribution in [0.4, 0.5) is 0 Å². The molecule has 0 saturated heterocycles. The van der Waals surface area contributed by atoms with Gasteiger partial charge in [-0.1, -0.05) is 18.2 Å². The predicted octanol–water partition coefficient (Wildman–Crippen LogP) is 4.35. The van der Waals surface area contributed by atoms with Crippen molar-refractivity contribution >= 4 is 11.8 Å². The Morgan fingerprint density at radius 2 is 1.70 bits per heavy atom. The molecule has 0 bridgehead atoms.